The number of hydrogen-bond acceptors (Lipinski definition) is 2. The monoisotopic (exact) mass is 254 g/mol. The highest BCUT2D eigenvalue weighted by Crippen LogP contribution is 2.22. The van der Waals surface area contributed by atoms with Crippen LogP contribution < -0.4 is 9.64 Å². The fourth-order valence-electron chi connectivity index (χ4n) is 1.89. The zero-order valence-electron chi connectivity index (χ0n) is 9.73. The van der Waals surface area contributed by atoms with E-state index in [2.05, 4.69) is 0 Å². The fourth-order valence-corrected chi connectivity index (χ4v) is 2.10. The molecular weight excluding hydrogens is 240 g/mol. The molecule has 1 saturated heterocycles. The number of carbonyl (C=O) groups is 1. The van der Waals surface area contributed by atoms with Gasteiger partial charge in [-0.05, 0) is 24.3 Å². The second-order valence-electron chi connectivity index (χ2n) is 3.81. The number of hydrogen-bond donors (Lipinski definition) is 0. The molecule has 0 saturated carbocycles. The van der Waals surface area contributed by atoms with Gasteiger partial charge >= 0.3 is 6.03 Å². The predicted octanol–water partition coefficient (Wildman–Crippen LogP) is 2.18. The van der Waals surface area contributed by atoms with Gasteiger partial charge in [0.2, 0.25) is 0 Å². The zero-order valence-corrected chi connectivity index (χ0v) is 10.5. The van der Waals surface area contributed by atoms with Gasteiger partial charge in [-0.1, -0.05) is 0 Å². The third-order valence-electron chi connectivity index (χ3n) is 2.83. The van der Waals surface area contributed by atoms with Gasteiger partial charge in [-0.3, -0.25) is 4.90 Å². The second kappa shape index (κ2) is 5.27. The van der Waals surface area contributed by atoms with E-state index in [0.29, 0.717) is 19.0 Å². The molecule has 0 bridgehead atoms. The summed E-state index contributed by atoms with van der Waals surface area (Å²) in [6, 6.07) is 7.51. The molecule has 0 aromatic heterocycles. The Labute approximate surface area is 106 Å². The predicted molar refractivity (Wildman–Crippen MR) is 68.0 cm³/mol. The number of ether oxygens (including phenoxy) is 1. The fraction of sp³-hybridized carbons (Fsp3) is 0.417. The Balaban J connectivity index is 2.10. The van der Waals surface area contributed by atoms with Crippen LogP contribution in [0.25, 0.3) is 0 Å². The lowest BCUT2D eigenvalue weighted by molar-refractivity contribution is 0.223. The number of nitrogens with zero attached hydrogens (tertiary/aromatic N) is 2. The Morgan fingerprint density at radius 1 is 1.29 bits per heavy atom. The van der Waals surface area contributed by atoms with Crippen LogP contribution in [0.15, 0.2) is 24.3 Å². The van der Waals surface area contributed by atoms with Crippen LogP contribution in [0.3, 0.4) is 0 Å². The lowest BCUT2D eigenvalue weighted by Crippen LogP contribution is -2.32. The molecule has 92 valence electrons. The third kappa shape index (κ3) is 2.47. The number of urea groups is 1. The largest absolute Gasteiger partial charge is 0.497 e. The Kier molecular flexibility index (Phi) is 3.74. The van der Waals surface area contributed by atoms with Crippen LogP contribution in [-0.4, -0.2) is 43.6 Å². The maximum atomic E-state index is 12.0. The molecule has 2 rings (SSSR count). The van der Waals surface area contributed by atoms with E-state index < -0.39 is 0 Å². The average Bonchev–Trinajstić information content (AvgIpc) is 2.72. The smallest absolute Gasteiger partial charge is 0.324 e. The number of alkyl halides is 1. The number of halogens is 1. The molecule has 5 heteroatoms. The van der Waals surface area contributed by atoms with Crippen molar-refractivity contribution < 1.29 is 9.53 Å². The molecule has 2 amide bonds. The Hall–Kier alpha value is -1.42. The molecule has 0 spiro atoms. The van der Waals surface area contributed by atoms with Crippen molar-refractivity contribution in [2.45, 2.75) is 0 Å². The van der Waals surface area contributed by atoms with Crippen LogP contribution in [0.5, 0.6) is 5.75 Å². The van der Waals surface area contributed by atoms with E-state index in [1.165, 1.54) is 0 Å². The number of carbonyl (C=O) groups excluding carboxylic acids is 1. The van der Waals surface area contributed by atoms with E-state index in [9.17, 15) is 4.79 Å². The first-order valence-electron chi connectivity index (χ1n) is 5.52. The van der Waals surface area contributed by atoms with E-state index in [0.717, 1.165) is 18.0 Å². The van der Waals surface area contributed by atoms with Gasteiger partial charge < -0.3 is 9.64 Å². The summed E-state index contributed by atoms with van der Waals surface area (Å²) in [7, 11) is 1.62. The number of amides is 2. The van der Waals surface area contributed by atoms with Crippen molar-refractivity contribution in [3.8, 4) is 5.75 Å². The van der Waals surface area contributed by atoms with Crippen LogP contribution in [0.4, 0.5) is 10.5 Å². The molecule has 0 unspecified atom stereocenters. The van der Waals surface area contributed by atoms with Crippen molar-refractivity contribution in [1.82, 2.24) is 4.90 Å². The van der Waals surface area contributed by atoms with Crippen molar-refractivity contribution in [1.29, 1.82) is 0 Å². The number of rotatable bonds is 4. The maximum absolute atomic E-state index is 12.0. The quantitative estimate of drug-likeness (QED) is 0.772. The van der Waals surface area contributed by atoms with E-state index in [-0.39, 0.29) is 6.03 Å². The van der Waals surface area contributed by atoms with Gasteiger partial charge in [0.15, 0.2) is 0 Å². The first kappa shape index (κ1) is 12.0. The molecule has 1 aliphatic rings. The molecular formula is C12H15ClN2O2. The van der Waals surface area contributed by atoms with E-state index in [1.807, 2.05) is 24.3 Å². The molecule has 0 atom stereocenters. The second-order valence-corrected chi connectivity index (χ2v) is 4.19. The van der Waals surface area contributed by atoms with Gasteiger partial charge in [0, 0.05) is 31.2 Å². The van der Waals surface area contributed by atoms with Crippen LogP contribution in [0.2, 0.25) is 0 Å². The maximum Gasteiger partial charge on any atom is 0.324 e. The van der Waals surface area contributed by atoms with Crippen molar-refractivity contribution in [2.24, 2.45) is 0 Å². The Morgan fingerprint density at radius 2 is 2.00 bits per heavy atom. The normalized spacial score (nSPS) is 15.5. The third-order valence-corrected chi connectivity index (χ3v) is 3.00. The summed E-state index contributed by atoms with van der Waals surface area (Å²) in [5.74, 6) is 1.26. The summed E-state index contributed by atoms with van der Waals surface area (Å²) in [4.78, 5) is 15.5. The molecule has 4 nitrogen and oxygen atoms in total. The average molecular weight is 255 g/mol. The molecule has 1 aliphatic heterocycles. The van der Waals surface area contributed by atoms with E-state index >= 15 is 0 Å². The first-order valence-corrected chi connectivity index (χ1v) is 6.06. The molecule has 1 heterocycles. The van der Waals surface area contributed by atoms with Gasteiger partial charge in [-0.25, -0.2) is 4.79 Å². The zero-order chi connectivity index (χ0) is 12.3. The van der Waals surface area contributed by atoms with Crippen molar-refractivity contribution in [3.63, 3.8) is 0 Å². The Bertz CT molecular complexity index is 394. The van der Waals surface area contributed by atoms with Gasteiger partial charge in [-0.2, -0.15) is 0 Å². The summed E-state index contributed by atoms with van der Waals surface area (Å²) in [5.41, 5.74) is 0.896. The summed E-state index contributed by atoms with van der Waals surface area (Å²) in [5, 5.41) is 0. The minimum atomic E-state index is 0.0239. The van der Waals surface area contributed by atoms with E-state index in [4.69, 9.17) is 16.3 Å². The van der Waals surface area contributed by atoms with Crippen LogP contribution >= 0.6 is 11.6 Å². The lowest BCUT2D eigenvalue weighted by atomic mass is 10.3. The van der Waals surface area contributed by atoms with E-state index in [1.54, 1.807) is 16.9 Å². The molecule has 17 heavy (non-hydrogen) atoms. The van der Waals surface area contributed by atoms with Crippen LogP contribution in [0.1, 0.15) is 0 Å². The highest BCUT2D eigenvalue weighted by atomic mass is 35.5. The summed E-state index contributed by atoms with van der Waals surface area (Å²) < 4.78 is 5.09. The van der Waals surface area contributed by atoms with Crippen molar-refractivity contribution >= 4 is 23.3 Å². The standard InChI is InChI=1S/C12H15ClN2O2/c1-17-11-4-2-10(3-5-11)15-9-8-14(7-6-13)12(15)16/h2-5H,6-9H2,1H3. The first-order chi connectivity index (χ1) is 8.26. The molecule has 1 fully saturated rings. The lowest BCUT2D eigenvalue weighted by Gasteiger charge is -2.18. The van der Waals surface area contributed by atoms with Gasteiger partial charge in [0.25, 0.3) is 0 Å². The summed E-state index contributed by atoms with van der Waals surface area (Å²) in [6.45, 7) is 2.05. The minimum Gasteiger partial charge on any atom is -0.497 e. The topological polar surface area (TPSA) is 32.8 Å². The van der Waals surface area contributed by atoms with Gasteiger partial charge in [0.1, 0.15) is 5.75 Å². The molecule has 0 radical (unpaired) electrons. The Morgan fingerprint density at radius 3 is 2.59 bits per heavy atom. The number of benzene rings is 1. The highest BCUT2D eigenvalue weighted by Gasteiger charge is 2.28. The van der Waals surface area contributed by atoms with Crippen molar-refractivity contribution in [2.75, 3.05) is 37.5 Å². The summed E-state index contributed by atoms with van der Waals surface area (Å²) in [6.07, 6.45) is 0. The number of methoxy groups -OCH3 is 1. The molecule has 1 aromatic carbocycles. The number of anilines is 1. The summed E-state index contributed by atoms with van der Waals surface area (Å²) >= 11 is 5.65. The highest BCUT2D eigenvalue weighted by molar-refractivity contribution is 6.18. The SMILES string of the molecule is COc1ccc(N2CCN(CCCl)C2=O)cc1. The van der Waals surface area contributed by atoms with Gasteiger partial charge in [-0.15, -0.1) is 11.6 Å². The molecule has 0 N–H and O–H groups in total. The molecule has 0 aliphatic carbocycles. The van der Waals surface area contributed by atoms with Crippen LogP contribution in [0, 0.1) is 0 Å². The van der Waals surface area contributed by atoms with Gasteiger partial charge in [0.05, 0.1) is 7.11 Å². The minimum absolute atomic E-state index is 0.0239. The van der Waals surface area contributed by atoms with Crippen molar-refractivity contribution in [3.05, 3.63) is 24.3 Å². The van der Waals surface area contributed by atoms with Crippen LogP contribution in [-0.2, 0) is 0 Å². The molecule has 1 aromatic rings.